The van der Waals surface area contributed by atoms with Gasteiger partial charge in [0.05, 0.1) is 4.90 Å². The van der Waals surface area contributed by atoms with Crippen molar-refractivity contribution in [3.05, 3.63) is 36.7 Å². The molecule has 112 valence electrons. The third kappa shape index (κ3) is 3.23. The normalized spacial score (nSPS) is 19.1. The molecule has 0 bridgehead atoms. The van der Waals surface area contributed by atoms with Crippen molar-refractivity contribution in [1.82, 2.24) is 15.0 Å². The Labute approximate surface area is 124 Å². The fourth-order valence-electron chi connectivity index (χ4n) is 2.78. The first kappa shape index (κ1) is 14.4. The molecule has 5 nitrogen and oxygen atoms in total. The summed E-state index contributed by atoms with van der Waals surface area (Å²) in [6, 6.07) is 7.42. The van der Waals surface area contributed by atoms with Crippen LogP contribution in [0.5, 0.6) is 0 Å². The van der Waals surface area contributed by atoms with Crippen molar-refractivity contribution in [3.63, 3.8) is 0 Å². The number of hydrogen-bond donors (Lipinski definition) is 2. The van der Waals surface area contributed by atoms with Gasteiger partial charge in [0.1, 0.15) is 0 Å². The first-order chi connectivity index (χ1) is 10.2. The van der Waals surface area contributed by atoms with Crippen molar-refractivity contribution in [2.75, 3.05) is 13.1 Å². The molecule has 2 aromatic rings. The molecule has 0 radical (unpaired) electrons. The van der Waals surface area contributed by atoms with E-state index in [9.17, 15) is 8.42 Å². The van der Waals surface area contributed by atoms with E-state index in [-0.39, 0.29) is 0 Å². The molecule has 1 aromatic heterocycles. The molecule has 0 saturated carbocycles. The van der Waals surface area contributed by atoms with Crippen LogP contribution < -0.4 is 10.0 Å². The quantitative estimate of drug-likeness (QED) is 0.881. The first-order valence-corrected chi connectivity index (χ1v) is 8.71. The molecular weight excluding hydrogens is 286 g/mol. The lowest BCUT2D eigenvalue weighted by atomic mass is 10.2. The largest absolute Gasteiger partial charge is 0.314 e. The second-order valence-corrected chi connectivity index (χ2v) is 7.07. The van der Waals surface area contributed by atoms with Crippen LogP contribution in [0.15, 0.2) is 41.6 Å². The summed E-state index contributed by atoms with van der Waals surface area (Å²) in [5, 5.41) is 4.91. The van der Waals surface area contributed by atoms with Gasteiger partial charge < -0.3 is 5.32 Å². The van der Waals surface area contributed by atoms with Gasteiger partial charge in [0.2, 0.25) is 10.0 Å². The Morgan fingerprint density at radius 2 is 2.24 bits per heavy atom. The number of nitrogens with zero attached hydrogens (tertiary/aromatic N) is 1. The Bertz CT molecular complexity index is 719. The standard InChI is InChI=1S/C15H19N3O2S/c19-21(20,18-10-6-13-4-2-8-17-13)15-5-1-3-12-11-16-9-7-14(12)15/h1,3,5,7,9,11,13,17-18H,2,4,6,8,10H2. The summed E-state index contributed by atoms with van der Waals surface area (Å²) in [5.41, 5.74) is 0. The number of nitrogens with one attached hydrogen (secondary N) is 2. The summed E-state index contributed by atoms with van der Waals surface area (Å²) in [6.45, 7) is 1.50. The first-order valence-electron chi connectivity index (χ1n) is 7.22. The molecule has 0 aliphatic carbocycles. The fraction of sp³-hybridized carbons (Fsp3) is 0.400. The average molecular weight is 305 g/mol. The Morgan fingerprint density at radius 3 is 3.05 bits per heavy atom. The minimum absolute atomic E-state index is 0.321. The smallest absolute Gasteiger partial charge is 0.241 e. The summed E-state index contributed by atoms with van der Waals surface area (Å²) in [5.74, 6) is 0. The van der Waals surface area contributed by atoms with Crippen LogP contribution in [0.2, 0.25) is 0 Å². The van der Waals surface area contributed by atoms with Gasteiger partial charge in [-0.05, 0) is 37.9 Å². The minimum atomic E-state index is -3.48. The van der Waals surface area contributed by atoms with Crippen LogP contribution in [0, 0.1) is 0 Å². The van der Waals surface area contributed by atoms with Gasteiger partial charge in [0, 0.05) is 35.8 Å². The van der Waals surface area contributed by atoms with E-state index in [1.54, 1.807) is 30.6 Å². The Balaban J connectivity index is 1.76. The fourth-order valence-corrected chi connectivity index (χ4v) is 4.05. The molecule has 1 unspecified atom stereocenters. The third-order valence-corrected chi connectivity index (χ3v) is 5.40. The Hall–Kier alpha value is -1.50. The van der Waals surface area contributed by atoms with Gasteiger partial charge in [0.25, 0.3) is 0 Å². The SMILES string of the molecule is O=S(=O)(NCCC1CCCN1)c1cccc2cnccc12. The molecule has 21 heavy (non-hydrogen) atoms. The maximum atomic E-state index is 12.5. The topological polar surface area (TPSA) is 71.1 Å². The van der Waals surface area contributed by atoms with Crippen molar-refractivity contribution in [3.8, 4) is 0 Å². The van der Waals surface area contributed by atoms with Crippen LogP contribution in [-0.2, 0) is 10.0 Å². The van der Waals surface area contributed by atoms with E-state index in [1.165, 1.54) is 6.42 Å². The molecule has 0 amide bonds. The molecule has 2 N–H and O–H groups in total. The highest BCUT2D eigenvalue weighted by molar-refractivity contribution is 7.89. The van der Waals surface area contributed by atoms with Crippen LogP contribution >= 0.6 is 0 Å². The number of fused-ring (bicyclic) bond motifs is 1. The summed E-state index contributed by atoms with van der Waals surface area (Å²) in [4.78, 5) is 4.35. The highest BCUT2D eigenvalue weighted by Gasteiger charge is 2.18. The summed E-state index contributed by atoms with van der Waals surface area (Å²) in [6.07, 6.45) is 6.42. The van der Waals surface area contributed by atoms with Crippen LogP contribution in [0.1, 0.15) is 19.3 Å². The predicted octanol–water partition coefficient (Wildman–Crippen LogP) is 1.66. The highest BCUT2D eigenvalue weighted by atomic mass is 32.2. The number of sulfonamides is 1. The molecule has 0 spiro atoms. The Kier molecular flexibility index (Phi) is 4.19. The minimum Gasteiger partial charge on any atom is -0.314 e. The van der Waals surface area contributed by atoms with Gasteiger partial charge >= 0.3 is 0 Å². The molecular formula is C15H19N3O2S. The summed E-state index contributed by atoms with van der Waals surface area (Å²) in [7, 11) is -3.48. The lowest BCUT2D eigenvalue weighted by Crippen LogP contribution is -2.30. The Morgan fingerprint density at radius 1 is 1.33 bits per heavy atom. The highest BCUT2D eigenvalue weighted by Crippen LogP contribution is 2.21. The van der Waals surface area contributed by atoms with E-state index in [0.29, 0.717) is 22.9 Å². The average Bonchev–Trinajstić information content (AvgIpc) is 3.00. The van der Waals surface area contributed by atoms with Crippen LogP contribution in [0.25, 0.3) is 10.8 Å². The molecule has 6 heteroatoms. The summed E-state index contributed by atoms with van der Waals surface area (Å²) < 4.78 is 27.6. The van der Waals surface area contributed by atoms with Gasteiger partial charge in [0.15, 0.2) is 0 Å². The molecule has 3 rings (SSSR count). The van der Waals surface area contributed by atoms with Crippen LogP contribution in [0.4, 0.5) is 0 Å². The molecule has 2 heterocycles. The number of aromatic nitrogens is 1. The molecule has 1 fully saturated rings. The van der Waals surface area contributed by atoms with E-state index in [1.807, 2.05) is 6.07 Å². The molecule has 1 aliphatic rings. The molecule has 1 aromatic carbocycles. The van der Waals surface area contributed by atoms with E-state index in [2.05, 4.69) is 15.0 Å². The zero-order valence-corrected chi connectivity index (χ0v) is 12.6. The number of rotatable bonds is 5. The van der Waals surface area contributed by atoms with Crippen LogP contribution in [0.3, 0.4) is 0 Å². The lowest BCUT2D eigenvalue weighted by molar-refractivity contribution is 0.540. The number of benzene rings is 1. The van der Waals surface area contributed by atoms with Crippen molar-refractivity contribution in [2.45, 2.75) is 30.2 Å². The molecule has 1 saturated heterocycles. The van der Waals surface area contributed by atoms with Crippen LogP contribution in [-0.4, -0.2) is 32.5 Å². The molecule has 1 aliphatic heterocycles. The zero-order chi connectivity index (χ0) is 14.7. The van der Waals surface area contributed by atoms with E-state index >= 15 is 0 Å². The van der Waals surface area contributed by atoms with Crippen molar-refractivity contribution in [1.29, 1.82) is 0 Å². The van der Waals surface area contributed by atoms with Crippen molar-refractivity contribution < 1.29 is 8.42 Å². The predicted molar refractivity (Wildman–Crippen MR) is 82.6 cm³/mol. The monoisotopic (exact) mass is 305 g/mol. The van der Waals surface area contributed by atoms with E-state index in [4.69, 9.17) is 0 Å². The van der Waals surface area contributed by atoms with Gasteiger partial charge in [-0.15, -0.1) is 0 Å². The van der Waals surface area contributed by atoms with Gasteiger partial charge in [-0.1, -0.05) is 12.1 Å². The maximum Gasteiger partial charge on any atom is 0.241 e. The second kappa shape index (κ2) is 6.09. The van der Waals surface area contributed by atoms with Crippen molar-refractivity contribution in [2.24, 2.45) is 0 Å². The number of hydrogen-bond acceptors (Lipinski definition) is 4. The third-order valence-electron chi connectivity index (χ3n) is 3.88. The maximum absolute atomic E-state index is 12.5. The molecule has 1 atom stereocenters. The van der Waals surface area contributed by atoms with E-state index < -0.39 is 10.0 Å². The van der Waals surface area contributed by atoms with Crippen molar-refractivity contribution >= 4 is 20.8 Å². The number of pyridine rings is 1. The van der Waals surface area contributed by atoms with Gasteiger partial charge in [-0.25, -0.2) is 13.1 Å². The van der Waals surface area contributed by atoms with E-state index in [0.717, 1.165) is 24.8 Å². The second-order valence-electron chi connectivity index (χ2n) is 5.33. The van der Waals surface area contributed by atoms with Gasteiger partial charge in [-0.3, -0.25) is 4.98 Å². The summed E-state index contributed by atoms with van der Waals surface area (Å²) >= 11 is 0. The lowest BCUT2D eigenvalue weighted by Gasteiger charge is -2.12. The van der Waals surface area contributed by atoms with Gasteiger partial charge in [-0.2, -0.15) is 0 Å². The zero-order valence-electron chi connectivity index (χ0n) is 11.7.